The van der Waals surface area contributed by atoms with E-state index in [1.54, 1.807) is 12.1 Å². The van der Waals surface area contributed by atoms with Crippen molar-refractivity contribution < 1.29 is 29.4 Å². The standard InChI is InChI=1S/C20H20N6O6/c21-13(19(29)30)5-9-7-23-17(25-9)15(27)11-3-1-2-4-12(11)16(28)18-24-8-10(26-18)6-14(22)20(31)32/h1-4,7-8,13-14H,5-6,21-22H2,(H,23,25)(H,24,26)(H,29,30)(H,31,32). The molecular weight excluding hydrogens is 420 g/mol. The van der Waals surface area contributed by atoms with E-state index in [-0.39, 0.29) is 35.6 Å². The number of carboxylic acids is 2. The second-order valence-electron chi connectivity index (χ2n) is 7.02. The molecule has 0 fully saturated rings. The summed E-state index contributed by atoms with van der Waals surface area (Å²) in [6.45, 7) is 0. The van der Waals surface area contributed by atoms with Crippen LogP contribution in [0.3, 0.4) is 0 Å². The molecule has 12 nitrogen and oxygen atoms in total. The third kappa shape index (κ3) is 4.94. The molecule has 166 valence electrons. The van der Waals surface area contributed by atoms with Gasteiger partial charge in [-0.1, -0.05) is 24.3 Å². The Bertz CT molecular complexity index is 1090. The Morgan fingerprint density at radius 1 is 0.781 bits per heavy atom. The molecule has 2 heterocycles. The van der Waals surface area contributed by atoms with Crippen LogP contribution in [0.1, 0.15) is 43.8 Å². The molecule has 32 heavy (non-hydrogen) atoms. The van der Waals surface area contributed by atoms with Gasteiger partial charge in [0.05, 0.1) is 0 Å². The molecule has 0 radical (unpaired) electrons. The minimum atomic E-state index is -1.19. The molecule has 2 atom stereocenters. The lowest BCUT2D eigenvalue weighted by Crippen LogP contribution is -2.32. The average molecular weight is 440 g/mol. The van der Waals surface area contributed by atoms with Crippen LogP contribution in [-0.4, -0.2) is 65.7 Å². The first-order chi connectivity index (χ1) is 15.2. The van der Waals surface area contributed by atoms with E-state index in [1.165, 1.54) is 24.5 Å². The van der Waals surface area contributed by atoms with Gasteiger partial charge in [0.1, 0.15) is 12.1 Å². The Balaban J connectivity index is 1.83. The quantitative estimate of drug-likeness (QED) is 0.222. The maximum atomic E-state index is 13.0. The number of aromatic amines is 2. The van der Waals surface area contributed by atoms with Crippen molar-refractivity contribution in [2.75, 3.05) is 0 Å². The molecular formula is C20H20N6O6. The summed E-state index contributed by atoms with van der Waals surface area (Å²) in [5, 5.41) is 17.8. The van der Waals surface area contributed by atoms with Crippen molar-refractivity contribution >= 4 is 23.5 Å². The third-order valence-corrected chi connectivity index (χ3v) is 4.62. The number of carboxylic acid groups (broad SMARTS) is 2. The summed E-state index contributed by atoms with van der Waals surface area (Å²) >= 11 is 0. The van der Waals surface area contributed by atoms with Gasteiger partial charge < -0.3 is 31.6 Å². The summed E-state index contributed by atoms with van der Waals surface area (Å²) < 4.78 is 0. The van der Waals surface area contributed by atoms with E-state index in [0.717, 1.165) is 0 Å². The van der Waals surface area contributed by atoms with E-state index in [1.807, 2.05) is 0 Å². The van der Waals surface area contributed by atoms with Crippen LogP contribution in [0.2, 0.25) is 0 Å². The number of benzene rings is 1. The number of nitrogens with two attached hydrogens (primary N) is 2. The lowest BCUT2D eigenvalue weighted by atomic mass is 9.99. The molecule has 1 aromatic carbocycles. The fourth-order valence-corrected chi connectivity index (χ4v) is 2.94. The monoisotopic (exact) mass is 440 g/mol. The van der Waals surface area contributed by atoms with Gasteiger partial charge in [-0.25, -0.2) is 9.97 Å². The van der Waals surface area contributed by atoms with Gasteiger partial charge in [0.2, 0.25) is 11.6 Å². The highest BCUT2D eigenvalue weighted by Crippen LogP contribution is 2.17. The maximum Gasteiger partial charge on any atom is 0.320 e. The lowest BCUT2D eigenvalue weighted by Gasteiger charge is -2.06. The van der Waals surface area contributed by atoms with Crippen molar-refractivity contribution in [2.24, 2.45) is 11.5 Å². The van der Waals surface area contributed by atoms with Crippen molar-refractivity contribution in [1.29, 1.82) is 0 Å². The van der Waals surface area contributed by atoms with Gasteiger partial charge >= 0.3 is 11.9 Å². The smallest absolute Gasteiger partial charge is 0.320 e. The fourth-order valence-electron chi connectivity index (χ4n) is 2.94. The van der Waals surface area contributed by atoms with Crippen LogP contribution in [0.5, 0.6) is 0 Å². The zero-order chi connectivity index (χ0) is 23.4. The van der Waals surface area contributed by atoms with Gasteiger partial charge in [-0.2, -0.15) is 0 Å². The van der Waals surface area contributed by atoms with E-state index in [0.29, 0.717) is 11.4 Å². The second-order valence-corrected chi connectivity index (χ2v) is 7.02. The van der Waals surface area contributed by atoms with Crippen molar-refractivity contribution in [1.82, 2.24) is 19.9 Å². The number of nitrogens with one attached hydrogen (secondary N) is 2. The first-order valence-corrected chi connectivity index (χ1v) is 9.40. The molecule has 3 aromatic rings. The van der Waals surface area contributed by atoms with E-state index in [4.69, 9.17) is 21.7 Å². The van der Waals surface area contributed by atoms with Gasteiger partial charge in [-0.3, -0.25) is 19.2 Å². The SMILES string of the molecule is NC(Cc1cnc(C(=O)c2ccccc2C(=O)c2ncc(CC(N)C(=O)O)[nH]2)[nH]1)C(=O)O. The minimum absolute atomic E-state index is 0.0517. The van der Waals surface area contributed by atoms with E-state index in [2.05, 4.69) is 19.9 Å². The zero-order valence-electron chi connectivity index (χ0n) is 16.6. The van der Waals surface area contributed by atoms with Gasteiger partial charge in [0.25, 0.3) is 0 Å². The Morgan fingerprint density at radius 2 is 1.16 bits per heavy atom. The summed E-state index contributed by atoms with van der Waals surface area (Å²) in [5.74, 6) is -3.69. The summed E-state index contributed by atoms with van der Waals surface area (Å²) in [7, 11) is 0. The van der Waals surface area contributed by atoms with Crippen LogP contribution in [0.4, 0.5) is 0 Å². The normalized spacial score (nSPS) is 12.8. The lowest BCUT2D eigenvalue weighted by molar-refractivity contribution is -0.139. The summed E-state index contributed by atoms with van der Waals surface area (Å²) in [4.78, 5) is 61.1. The number of imidazole rings is 2. The Hall–Kier alpha value is -4.16. The van der Waals surface area contributed by atoms with Crippen LogP contribution in [0.25, 0.3) is 0 Å². The molecule has 0 spiro atoms. The van der Waals surface area contributed by atoms with E-state index >= 15 is 0 Å². The number of carbonyl (C=O) groups excluding carboxylic acids is 2. The number of nitrogens with zero attached hydrogens (tertiary/aromatic N) is 2. The molecule has 2 aromatic heterocycles. The second kappa shape index (κ2) is 9.32. The third-order valence-electron chi connectivity index (χ3n) is 4.62. The van der Waals surface area contributed by atoms with Gasteiger partial charge in [-0.05, 0) is 0 Å². The summed E-state index contributed by atoms with van der Waals surface area (Å²) in [5.41, 5.74) is 11.8. The van der Waals surface area contributed by atoms with Gasteiger partial charge in [-0.15, -0.1) is 0 Å². The predicted octanol–water partition coefficient (Wildman–Crippen LogP) is -0.496. The molecule has 0 amide bonds. The number of hydrogen-bond acceptors (Lipinski definition) is 8. The number of aromatic nitrogens is 4. The minimum Gasteiger partial charge on any atom is -0.480 e. The number of hydrogen-bond donors (Lipinski definition) is 6. The van der Waals surface area contributed by atoms with Crippen LogP contribution in [-0.2, 0) is 22.4 Å². The molecule has 0 saturated carbocycles. The van der Waals surface area contributed by atoms with Crippen molar-refractivity contribution in [3.05, 3.63) is 70.8 Å². The highest BCUT2D eigenvalue weighted by Gasteiger charge is 2.24. The summed E-state index contributed by atoms with van der Waals surface area (Å²) in [6, 6.07) is 3.74. The number of aliphatic carboxylic acids is 2. The predicted molar refractivity (Wildman–Crippen MR) is 109 cm³/mol. The van der Waals surface area contributed by atoms with E-state index in [9.17, 15) is 19.2 Å². The van der Waals surface area contributed by atoms with Crippen LogP contribution in [0, 0.1) is 0 Å². The molecule has 0 saturated heterocycles. The Kier molecular flexibility index (Phi) is 6.56. The number of ketones is 2. The Labute approximate surface area is 180 Å². The summed E-state index contributed by atoms with van der Waals surface area (Å²) in [6.07, 6.45) is 2.52. The van der Waals surface area contributed by atoms with Crippen molar-refractivity contribution in [2.45, 2.75) is 24.9 Å². The first kappa shape index (κ1) is 22.5. The van der Waals surface area contributed by atoms with Crippen LogP contribution < -0.4 is 11.5 Å². The highest BCUT2D eigenvalue weighted by molar-refractivity contribution is 6.17. The van der Waals surface area contributed by atoms with Crippen molar-refractivity contribution in [3.63, 3.8) is 0 Å². The number of H-pyrrole nitrogens is 2. The largest absolute Gasteiger partial charge is 0.480 e. The molecule has 2 unspecified atom stereocenters. The van der Waals surface area contributed by atoms with Crippen LogP contribution >= 0.6 is 0 Å². The zero-order valence-corrected chi connectivity index (χ0v) is 16.6. The molecule has 12 heteroatoms. The molecule has 8 N–H and O–H groups in total. The molecule has 0 aliphatic rings. The fraction of sp³-hybridized carbons (Fsp3) is 0.200. The van der Waals surface area contributed by atoms with E-state index < -0.39 is 35.6 Å². The highest BCUT2D eigenvalue weighted by atomic mass is 16.4. The first-order valence-electron chi connectivity index (χ1n) is 9.40. The topological polar surface area (TPSA) is 218 Å². The Morgan fingerprint density at radius 3 is 1.50 bits per heavy atom. The molecule has 3 rings (SSSR count). The van der Waals surface area contributed by atoms with Crippen molar-refractivity contribution in [3.8, 4) is 0 Å². The number of rotatable bonds is 10. The maximum absolute atomic E-state index is 13.0. The van der Waals surface area contributed by atoms with Gasteiger partial charge in [0, 0.05) is 47.8 Å². The average Bonchev–Trinajstić information content (AvgIpc) is 3.42. The van der Waals surface area contributed by atoms with Crippen LogP contribution in [0.15, 0.2) is 36.7 Å². The molecule has 0 bridgehead atoms. The number of carbonyl (C=O) groups is 4. The molecule has 0 aliphatic carbocycles. The van der Waals surface area contributed by atoms with Gasteiger partial charge in [0.15, 0.2) is 11.6 Å². The molecule has 0 aliphatic heterocycles.